The molecule has 0 unspecified atom stereocenters. The van der Waals surface area contributed by atoms with Crippen LogP contribution < -0.4 is 0 Å². The smallest absolute Gasteiger partial charge is 0.214 e. The zero-order valence-corrected chi connectivity index (χ0v) is 11.7. The molecular weight excluding hydrogens is 285 g/mol. The fraction of sp³-hybridized carbons (Fsp3) is 0.231. The highest BCUT2D eigenvalue weighted by Crippen LogP contribution is 2.22. The van der Waals surface area contributed by atoms with Crippen molar-refractivity contribution in [3.05, 3.63) is 46.9 Å². The molecule has 0 saturated carbocycles. The number of hydrogen-bond acceptors (Lipinski definition) is 3. The highest BCUT2D eigenvalue weighted by molar-refractivity contribution is 6.31. The van der Waals surface area contributed by atoms with E-state index in [0.717, 1.165) is 22.6 Å². The number of aryl methyl sites for hydroxylation is 1. The summed E-state index contributed by atoms with van der Waals surface area (Å²) in [5.41, 5.74) is 1.79. The lowest BCUT2D eigenvalue weighted by molar-refractivity contribution is 0.457. The summed E-state index contributed by atoms with van der Waals surface area (Å²) in [4.78, 5) is 8.68. The van der Waals surface area contributed by atoms with Crippen molar-refractivity contribution in [2.24, 2.45) is 0 Å². The van der Waals surface area contributed by atoms with E-state index in [2.05, 4.69) is 9.97 Å². The van der Waals surface area contributed by atoms with Crippen LogP contribution >= 0.6 is 23.2 Å². The van der Waals surface area contributed by atoms with Gasteiger partial charge in [0.2, 0.25) is 5.89 Å². The number of aromatic nitrogens is 3. The maximum atomic E-state index is 6.04. The number of imidazole rings is 1. The van der Waals surface area contributed by atoms with Gasteiger partial charge in [-0.2, -0.15) is 0 Å². The van der Waals surface area contributed by atoms with Crippen LogP contribution in [0.25, 0.3) is 11.0 Å². The summed E-state index contributed by atoms with van der Waals surface area (Å²) >= 11 is 12.0. The fourth-order valence-electron chi connectivity index (χ4n) is 2.03. The van der Waals surface area contributed by atoms with Gasteiger partial charge in [0.25, 0.3) is 0 Å². The minimum absolute atomic E-state index is 0.325. The monoisotopic (exact) mass is 295 g/mol. The maximum absolute atomic E-state index is 6.04. The second-order valence-electron chi connectivity index (χ2n) is 4.25. The molecule has 0 amide bonds. The first kappa shape index (κ1) is 12.5. The van der Waals surface area contributed by atoms with E-state index in [1.807, 2.05) is 29.7 Å². The number of nitrogens with zero attached hydrogens (tertiary/aromatic N) is 3. The first-order valence-corrected chi connectivity index (χ1v) is 6.70. The van der Waals surface area contributed by atoms with Crippen molar-refractivity contribution in [1.82, 2.24) is 14.5 Å². The fourth-order valence-corrected chi connectivity index (χ4v) is 2.40. The Morgan fingerprint density at radius 2 is 2.21 bits per heavy atom. The van der Waals surface area contributed by atoms with Crippen molar-refractivity contribution >= 4 is 34.2 Å². The van der Waals surface area contributed by atoms with Gasteiger partial charge in [-0.1, -0.05) is 11.6 Å². The van der Waals surface area contributed by atoms with Crippen LogP contribution in [0, 0.1) is 6.92 Å². The van der Waals surface area contributed by atoms with Gasteiger partial charge in [0.15, 0.2) is 0 Å². The molecule has 19 heavy (non-hydrogen) atoms. The molecule has 0 fully saturated rings. The number of halogens is 2. The lowest BCUT2D eigenvalue weighted by Gasteiger charge is -2.04. The molecule has 0 bridgehead atoms. The highest BCUT2D eigenvalue weighted by Gasteiger charge is 2.12. The first-order chi connectivity index (χ1) is 9.17. The molecule has 0 radical (unpaired) electrons. The Bertz CT molecular complexity index is 733. The number of oxazole rings is 1. The van der Waals surface area contributed by atoms with Gasteiger partial charge >= 0.3 is 0 Å². The molecule has 0 aliphatic heterocycles. The average Bonchev–Trinajstić information content (AvgIpc) is 2.94. The van der Waals surface area contributed by atoms with Crippen molar-refractivity contribution < 1.29 is 4.42 Å². The number of fused-ring (bicyclic) bond motifs is 1. The van der Waals surface area contributed by atoms with E-state index in [4.69, 9.17) is 27.6 Å². The molecule has 0 aliphatic carbocycles. The van der Waals surface area contributed by atoms with Gasteiger partial charge in [-0.25, -0.2) is 9.97 Å². The zero-order valence-electron chi connectivity index (χ0n) is 10.2. The molecule has 3 rings (SSSR count). The molecule has 0 saturated heterocycles. The van der Waals surface area contributed by atoms with E-state index in [-0.39, 0.29) is 0 Å². The summed E-state index contributed by atoms with van der Waals surface area (Å²) in [5.74, 6) is 2.51. The Hall–Kier alpha value is -1.52. The Balaban J connectivity index is 2.12. The van der Waals surface area contributed by atoms with Gasteiger partial charge in [0.05, 0.1) is 23.1 Å². The molecule has 98 valence electrons. The SMILES string of the molecule is Cc1cnc(Cn2c(CCl)nc3ccc(Cl)cc32)o1. The number of alkyl halides is 1. The number of rotatable bonds is 3. The van der Waals surface area contributed by atoms with E-state index in [1.54, 1.807) is 6.20 Å². The van der Waals surface area contributed by atoms with Crippen LogP contribution in [0.1, 0.15) is 17.5 Å². The molecular formula is C13H11Cl2N3O. The molecule has 2 aromatic heterocycles. The van der Waals surface area contributed by atoms with Crippen LogP contribution in [0.4, 0.5) is 0 Å². The van der Waals surface area contributed by atoms with E-state index in [1.165, 1.54) is 0 Å². The predicted octanol–water partition coefficient (Wildman–Crippen LogP) is 3.77. The molecule has 0 atom stereocenters. The molecule has 0 spiro atoms. The maximum Gasteiger partial charge on any atom is 0.214 e. The van der Waals surface area contributed by atoms with Gasteiger partial charge in [-0.15, -0.1) is 11.6 Å². The van der Waals surface area contributed by atoms with E-state index in [9.17, 15) is 0 Å². The molecule has 2 heterocycles. The Labute approximate surface area is 120 Å². The molecule has 3 aromatic rings. The largest absolute Gasteiger partial charge is 0.444 e. The van der Waals surface area contributed by atoms with Gasteiger partial charge in [-0.3, -0.25) is 0 Å². The first-order valence-electron chi connectivity index (χ1n) is 5.79. The van der Waals surface area contributed by atoms with Gasteiger partial charge in [0.1, 0.15) is 18.1 Å². The summed E-state index contributed by atoms with van der Waals surface area (Å²) < 4.78 is 7.47. The average molecular weight is 296 g/mol. The van der Waals surface area contributed by atoms with Crippen molar-refractivity contribution in [2.45, 2.75) is 19.3 Å². The van der Waals surface area contributed by atoms with Crippen molar-refractivity contribution in [1.29, 1.82) is 0 Å². The van der Waals surface area contributed by atoms with Crippen LogP contribution in [-0.2, 0) is 12.4 Å². The Morgan fingerprint density at radius 3 is 2.89 bits per heavy atom. The number of benzene rings is 1. The van der Waals surface area contributed by atoms with Gasteiger partial charge in [0, 0.05) is 5.02 Å². The third-order valence-electron chi connectivity index (χ3n) is 2.87. The molecule has 4 nitrogen and oxygen atoms in total. The molecule has 0 aliphatic rings. The van der Waals surface area contributed by atoms with Crippen LogP contribution in [0.5, 0.6) is 0 Å². The summed E-state index contributed by atoms with van der Waals surface area (Å²) in [6.07, 6.45) is 1.70. The predicted molar refractivity (Wildman–Crippen MR) is 74.6 cm³/mol. The summed E-state index contributed by atoms with van der Waals surface area (Å²) in [6.45, 7) is 2.36. The van der Waals surface area contributed by atoms with E-state index < -0.39 is 0 Å². The third kappa shape index (κ3) is 2.33. The van der Waals surface area contributed by atoms with Crippen LogP contribution in [-0.4, -0.2) is 14.5 Å². The zero-order chi connectivity index (χ0) is 13.4. The number of hydrogen-bond donors (Lipinski definition) is 0. The normalized spacial score (nSPS) is 11.3. The van der Waals surface area contributed by atoms with Gasteiger partial charge in [-0.05, 0) is 25.1 Å². The van der Waals surface area contributed by atoms with Crippen LogP contribution in [0.3, 0.4) is 0 Å². The summed E-state index contributed by atoms with van der Waals surface area (Å²) in [5, 5.41) is 0.665. The van der Waals surface area contributed by atoms with Crippen LogP contribution in [0.2, 0.25) is 5.02 Å². The van der Waals surface area contributed by atoms with E-state index in [0.29, 0.717) is 23.3 Å². The van der Waals surface area contributed by atoms with Crippen molar-refractivity contribution in [3.8, 4) is 0 Å². The van der Waals surface area contributed by atoms with Crippen molar-refractivity contribution in [3.63, 3.8) is 0 Å². The molecule has 1 aromatic carbocycles. The quantitative estimate of drug-likeness (QED) is 0.691. The lowest BCUT2D eigenvalue weighted by atomic mass is 10.3. The highest BCUT2D eigenvalue weighted by atomic mass is 35.5. The summed E-state index contributed by atoms with van der Waals surface area (Å²) in [6, 6.07) is 5.56. The molecule has 0 N–H and O–H groups in total. The third-order valence-corrected chi connectivity index (χ3v) is 3.35. The second kappa shape index (κ2) is 4.87. The minimum atomic E-state index is 0.325. The van der Waals surface area contributed by atoms with Crippen molar-refractivity contribution in [2.75, 3.05) is 0 Å². The summed E-state index contributed by atoms with van der Waals surface area (Å²) in [7, 11) is 0. The molecule has 6 heteroatoms. The lowest BCUT2D eigenvalue weighted by Crippen LogP contribution is -2.04. The Morgan fingerprint density at radius 1 is 1.37 bits per heavy atom. The van der Waals surface area contributed by atoms with Crippen LogP contribution in [0.15, 0.2) is 28.8 Å². The minimum Gasteiger partial charge on any atom is -0.444 e. The second-order valence-corrected chi connectivity index (χ2v) is 4.95. The Kier molecular flexibility index (Phi) is 3.21. The topological polar surface area (TPSA) is 43.9 Å². The van der Waals surface area contributed by atoms with Gasteiger partial charge < -0.3 is 8.98 Å². The standard InChI is InChI=1S/C13H11Cl2N3O/c1-8-6-16-13(19-8)7-18-11-4-9(15)2-3-10(11)17-12(18)5-14/h2-4,6H,5,7H2,1H3. The van der Waals surface area contributed by atoms with E-state index >= 15 is 0 Å².